The Hall–Kier alpha value is -0.860. The molecule has 100 valence electrons. The summed E-state index contributed by atoms with van der Waals surface area (Å²) in [6.07, 6.45) is 5.44. The monoisotopic (exact) mass is 246 g/mol. The number of hydrogen-bond donors (Lipinski definition) is 1. The van der Waals surface area contributed by atoms with E-state index in [-0.39, 0.29) is 6.04 Å². The smallest absolute Gasteiger partial charge is 0.0424 e. The summed E-state index contributed by atoms with van der Waals surface area (Å²) in [5, 5.41) is 0. The predicted octanol–water partition coefficient (Wildman–Crippen LogP) is 3.20. The minimum atomic E-state index is 0.133. The van der Waals surface area contributed by atoms with Crippen LogP contribution in [0.15, 0.2) is 30.3 Å². The van der Waals surface area contributed by atoms with Gasteiger partial charge in [-0.2, -0.15) is 0 Å². The van der Waals surface area contributed by atoms with Crippen molar-refractivity contribution in [3.63, 3.8) is 0 Å². The Labute approximate surface area is 111 Å². The third-order valence-corrected chi connectivity index (χ3v) is 4.24. The quantitative estimate of drug-likeness (QED) is 0.884. The van der Waals surface area contributed by atoms with Crippen LogP contribution in [0.1, 0.15) is 44.2 Å². The second kappa shape index (κ2) is 6.35. The van der Waals surface area contributed by atoms with Gasteiger partial charge in [0.15, 0.2) is 0 Å². The molecule has 3 unspecified atom stereocenters. The second-order valence-electron chi connectivity index (χ2n) is 5.88. The van der Waals surface area contributed by atoms with Crippen molar-refractivity contribution in [3.8, 4) is 0 Å². The van der Waals surface area contributed by atoms with Crippen molar-refractivity contribution in [2.24, 2.45) is 11.7 Å². The van der Waals surface area contributed by atoms with E-state index in [1.807, 2.05) is 6.07 Å². The highest BCUT2D eigenvalue weighted by Gasteiger charge is 2.23. The summed E-state index contributed by atoms with van der Waals surface area (Å²) in [5.74, 6) is 0.874. The fourth-order valence-corrected chi connectivity index (χ4v) is 3.07. The van der Waals surface area contributed by atoms with Crippen molar-refractivity contribution < 1.29 is 0 Å². The van der Waals surface area contributed by atoms with Crippen LogP contribution in [-0.4, -0.2) is 24.5 Å². The van der Waals surface area contributed by atoms with Gasteiger partial charge in [-0.1, -0.05) is 50.1 Å². The van der Waals surface area contributed by atoms with E-state index in [1.165, 1.54) is 31.2 Å². The van der Waals surface area contributed by atoms with Crippen LogP contribution in [-0.2, 0) is 0 Å². The molecule has 0 aromatic heterocycles. The van der Waals surface area contributed by atoms with Gasteiger partial charge in [0.25, 0.3) is 0 Å². The van der Waals surface area contributed by atoms with Crippen molar-refractivity contribution in [1.82, 2.24) is 4.90 Å². The second-order valence-corrected chi connectivity index (χ2v) is 5.88. The zero-order valence-electron chi connectivity index (χ0n) is 11.7. The first-order chi connectivity index (χ1) is 8.66. The van der Waals surface area contributed by atoms with Gasteiger partial charge in [0, 0.05) is 18.6 Å². The summed E-state index contributed by atoms with van der Waals surface area (Å²) in [6, 6.07) is 11.3. The topological polar surface area (TPSA) is 29.3 Å². The SMILES string of the molecule is CC1CCCC(N(C)CC(N)c2ccccc2)C1. The molecule has 1 aromatic carbocycles. The number of hydrogen-bond acceptors (Lipinski definition) is 2. The maximum Gasteiger partial charge on any atom is 0.0424 e. The van der Waals surface area contributed by atoms with Crippen LogP contribution in [0, 0.1) is 5.92 Å². The Balaban J connectivity index is 1.88. The zero-order chi connectivity index (χ0) is 13.0. The van der Waals surface area contributed by atoms with Crippen LogP contribution >= 0.6 is 0 Å². The highest BCUT2D eigenvalue weighted by molar-refractivity contribution is 5.18. The Morgan fingerprint density at radius 1 is 1.28 bits per heavy atom. The van der Waals surface area contributed by atoms with Crippen LogP contribution in [0.2, 0.25) is 0 Å². The highest BCUT2D eigenvalue weighted by atomic mass is 15.1. The third-order valence-electron chi connectivity index (χ3n) is 4.24. The first kappa shape index (κ1) is 13.6. The average Bonchev–Trinajstić information content (AvgIpc) is 2.39. The number of likely N-dealkylation sites (N-methyl/N-ethyl adjacent to an activating group) is 1. The molecule has 1 aromatic rings. The fourth-order valence-electron chi connectivity index (χ4n) is 3.07. The largest absolute Gasteiger partial charge is 0.323 e. The molecule has 2 nitrogen and oxygen atoms in total. The number of rotatable bonds is 4. The van der Waals surface area contributed by atoms with E-state index >= 15 is 0 Å². The summed E-state index contributed by atoms with van der Waals surface area (Å²) >= 11 is 0. The summed E-state index contributed by atoms with van der Waals surface area (Å²) < 4.78 is 0. The molecule has 0 radical (unpaired) electrons. The van der Waals surface area contributed by atoms with Gasteiger partial charge in [0.05, 0.1) is 0 Å². The van der Waals surface area contributed by atoms with Crippen molar-refractivity contribution in [2.45, 2.75) is 44.7 Å². The lowest BCUT2D eigenvalue weighted by Crippen LogP contribution is -2.39. The Morgan fingerprint density at radius 3 is 2.67 bits per heavy atom. The molecule has 2 rings (SSSR count). The molecule has 2 N–H and O–H groups in total. The van der Waals surface area contributed by atoms with Gasteiger partial charge in [0.1, 0.15) is 0 Å². The van der Waals surface area contributed by atoms with Crippen LogP contribution in [0.25, 0.3) is 0 Å². The Bertz CT molecular complexity index is 349. The molecule has 0 aliphatic heterocycles. The lowest BCUT2D eigenvalue weighted by atomic mass is 9.86. The molecule has 1 aliphatic rings. The molecule has 0 saturated heterocycles. The average molecular weight is 246 g/mol. The molecule has 0 amide bonds. The van der Waals surface area contributed by atoms with E-state index in [2.05, 4.69) is 43.1 Å². The lowest BCUT2D eigenvalue weighted by Gasteiger charge is -2.35. The van der Waals surface area contributed by atoms with Crippen molar-refractivity contribution >= 4 is 0 Å². The van der Waals surface area contributed by atoms with E-state index in [1.54, 1.807) is 0 Å². The predicted molar refractivity (Wildman–Crippen MR) is 77.4 cm³/mol. The molecular weight excluding hydrogens is 220 g/mol. The van der Waals surface area contributed by atoms with E-state index in [4.69, 9.17) is 5.73 Å². The van der Waals surface area contributed by atoms with Gasteiger partial charge in [-0.05, 0) is 31.4 Å². The normalized spacial score (nSPS) is 26.2. The zero-order valence-corrected chi connectivity index (χ0v) is 11.7. The number of nitrogens with zero attached hydrogens (tertiary/aromatic N) is 1. The minimum absolute atomic E-state index is 0.133. The third kappa shape index (κ3) is 3.56. The van der Waals surface area contributed by atoms with Gasteiger partial charge in [0.2, 0.25) is 0 Å². The van der Waals surface area contributed by atoms with Gasteiger partial charge in [-0.15, -0.1) is 0 Å². The van der Waals surface area contributed by atoms with E-state index in [9.17, 15) is 0 Å². The summed E-state index contributed by atoms with van der Waals surface area (Å²) in [4.78, 5) is 2.47. The molecule has 3 atom stereocenters. The first-order valence-electron chi connectivity index (χ1n) is 7.17. The van der Waals surface area contributed by atoms with Gasteiger partial charge >= 0.3 is 0 Å². The maximum atomic E-state index is 6.30. The van der Waals surface area contributed by atoms with Gasteiger partial charge < -0.3 is 10.6 Å². The van der Waals surface area contributed by atoms with Crippen molar-refractivity contribution in [2.75, 3.05) is 13.6 Å². The van der Waals surface area contributed by atoms with E-state index in [0.717, 1.165) is 18.5 Å². The van der Waals surface area contributed by atoms with Gasteiger partial charge in [-0.25, -0.2) is 0 Å². The van der Waals surface area contributed by atoms with Crippen LogP contribution in [0.3, 0.4) is 0 Å². The summed E-state index contributed by atoms with van der Waals surface area (Å²) in [6.45, 7) is 3.33. The lowest BCUT2D eigenvalue weighted by molar-refractivity contribution is 0.157. The Morgan fingerprint density at radius 2 is 2.00 bits per heavy atom. The van der Waals surface area contributed by atoms with Crippen molar-refractivity contribution in [3.05, 3.63) is 35.9 Å². The molecule has 2 heteroatoms. The van der Waals surface area contributed by atoms with Crippen LogP contribution in [0.4, 0.5) is 0 Å². The first-order valence-corrected chi connectivity index (χ1v) is 7.17. The molecule has 1 aliphatic carbocycles. The molecular formula is C16H26N2. The fraction of sp³-hybridized carbons (Fsp3) is 0.625. The van der Waals surface area contributed by atoms with Crippen LogP contribution < -0.4 is 5.73 Å². The molecule has 0 bridgehead atoms. The molecule has 1 fully saturated rings. The summed E-state index contributed by atoms with van der Waals surface area (Å²) in [5.41, 5.74) is 7.54. The van der Waals surface area contributed by atoms with Gasteiger partial charge in [-0.3, -0.25) is 0 Å². The molecule has 0 heterocycles. The molecule has 1 saturated carbocycles. The van der Waals surface area contributed by atoms with E-state index in [0.29, 0.717) is 0 Å². The summed E-state index contributed by atoms with van der Waals surface area (Å²) in [7, 11) is 2.23. The Kier molecular flexibility index (Phi) is 4.79. The number of nitrogens with two attached hydrogens (primary N) is 1. The maximum absolute atomic E-state index is 6.30. The molecule has 18 heavy (non-hydrogen) atoms. The highest BCUT2D eigenvalue weighted by Crippen LogP contribution is 2.27. The molecule has 0 spiro atoms. The van der Waals surface area contributed by atoms with Crippen molar-refractivity contribution in [1.29, 1.82) is 0 Å². The minimum Gasteiger partial charge on any atom is -0.323 e. The standard InChI is InChI=1S/C16H26N2/c1-13-7-6-10-15(11-13)18(2)12-16(17)14-8-4-3-5-9-14/h3-5,8-9,13,15-16H,6-7,10-12,17H2,1-2H3. The van der Waals surface area contributed by atoms with Crippen LogP contribution in [0.5, 0.6) is 0 Å². The number of benzene rings is 1. The van der Waals surface area contributed by atoms with E-state index < -0.39 is 0 Å².